The van der Waals surface area contributed by atoms with Crippen molar-refractivity contribution in [3.63, 3.8) is 0 Å². The van der Waals surface area contributed by atoms with Gasteiger partial charge in [0.25, 0.3) is 0 Å². The van der Waals surface area contributed by atoms with Crippen LogP contribution in [-0.2, 0) is 0 Å². The average Bonchev–Trinajstić information content (AvgIpc) is 2.90. The van der Waals surface area contributed by atoms with Gasteiger partial charge in [-0.05, 0) is 36.8 Å². The Labute approximate surface area is 135 Å². The van der Waals surface area contributed by atoms with E-state index < -0.39 is 11.9 Å². The molecule has 3 N–H and O–H groups in total. The summed E-state index contributed by atoms with van der Waals surface area (Å²) >= 11 is 1.42. The number of nitrogens with zero attached hydrogens (tertiary/aromatic N) is 1. The summed E-state index contributed by atoms with van der Waals surface area (Å²) in [5.41, 5.74) is 2.10. The Morgan fingerprint density at radius 3 is 2.30 bits per heavy atom. The Hall–Kier alpha value is -2.93. The fourth-order valence-corrected chi connectivity index (χ4v) is 3.17. The van der Waals surface area contributed by atoms with Gasteiger partial charge in [0.05, 0.1) is 21.3 Å². The molecule has 0 atom stereocenters. The van der Waals surface area contributed by atoms with Crippen LogP contribution in [0.3, 0.4) is 0 Å². The first-order chi connectivity index (χ1) is 10.9. The summed E-state index contributed by atoms with van der Waals surface area (Å²) < 4.78 is 1.00. The summed E-state index contributed by atoms with van der Waals surface area (Å²) in [7, 11) is 0. The number of nitrogens with one attached hydrogen (secondary N) is 1. The molecule has 0 saturated heterocycles. The number of benzene rings is 2. The molecule has 0 unspecified atom stereocenters. The number of aromatic nitrogens is 1. The van der Waals surface area contributed by atoms with Gasteiger partial charge in [-0.25, -0.2) is 14.6 Å². The summed E-state index contributed by atoms with van der Waals surface area (Å²) in [5.74, 6) is -2.37. The van der Waals surface area contributed by atoms with Gasteiger partial charge in [-0.2, -0.15) is 0 Å². The molecule has 0 aliphatic carbocycles. The summed E-state index contributed by atoms with van der Waals surface area (Å²) in [6.07, 6.45) is 0. The largest absolute Gasteiger partial charge is 0.478 e. The zero-order valence-corrected chi connectivity index (χ0v) is 12.8. The summed E-state index contributed by atoms with van der Waals surface area (Å²) in [4.78, 5) is 26.7. The monoisotopic (exact) mass is 328 g/mol. The highest BCUT2D eigenvalue weighted by Gasteiger charge is 2.13. The lowest BCUT2D eigenvalue weighted by Crippen LogP contribution is -2.04. The number of hydrogen-bond acceptors (Lipinski definition) is 5. The van der Waals surface area contributed by atoms with Gasteiger partial charge in [0.2, 0.25) is 0 Å². The SMILES string of the molecule is Cc1cccc2sc(Nc3cc(C(=O)O)cc(C(=O)O)c3)nc12. The van der Waals surface area contributed by atoms with Crippen molar-refractivity contribution in [3.05, 3.63) is 53.1 Å². The summed E-state index contributed by atoms with van der Waals surface area (Å²) in [6, 6.07) is 9.73. The maximum atomic E-state index is 11.1. The third-order valence-electron chi connectivity index (χ3n) is 3.30. The minimum atomic E-state index is -1.18. The zero-order chi connectivity index (χ0) is 16.6. The van der Waals surface area contributed by atoms with Crippen LogP contribution in [0.1, 0.15) is 26.3 Å². The molecule has 0 fully saturated rings. The second-order valence-corrected chi connectivity index (χ2v) is 6.01. The number of rotatable bonds is 4. The van der Waals surface area contributed by atoms with E-state index in [0.29, 0.717) is 10.8 Å². The number of aryl methyl sites for hydroxylation is 1. The molecule has 0 bridgehead atoms. The molecule has 0 aliphatic rings. The topological polar surface area (TPSA) is 99.5 Å². The fraction of sp³-hybridized carbons (Fsp3) is 0.0625. The maximum absolute atomic E-state index is 11.1. The lowest BCUT2D eigenvalue weighted by atomic mass is 10.1. The highest BCUT2D eigenvalue weighted by molar-refractivity contribution is 7.22. The molecule has 116 valence electrons. The third-order valence-corrected chi connectivity index (χ3v) is 4.23. The van der Waals surface area contributed by atoms with Crippen molar-refractivity contribution < 1.29 is 19.8 Å². The predicted octanol–water partition coefficient (Wildman–Crippen LogP) is 3.74. The summed E-state index contributed by atoms with van der Waals surface area (Å²) in [6.45, 7) is 1.96. The van der Waals surface area contributed by atoms with Crippen LogP contribution in [0.4, 0.5) is 10.8 Å². The smallest absolute Gasteiger partial charge is 0.335 e. The highest BCUT2D eigenvalue weighted by atomic mass is 32.1. The zero-order valence-electron chi connectivity index (χ0n) is 12.0. The first kappa shape index (κ1) is 15.0. The number of carboxylic acid groups (broad SMARTS) is 2. The Morgan fingerprint density at radius 2 is 1.74 bits per heavy atom. The van der Waals surface area contributed by atoms with Crippen molar-refractivity contribution >= 4 is 44.3 Å². The van der Waals surface area contributed by atoms with E-state index in [4.69, 9.17) is 10.2 Å². The van der Waals surface area contributed by atoms with Crippen LogP contribution < -0.4 is 5.32 Å². The third kappa shape index (κ3) is 3.00. The summed E-state index contributed by atoms with van der Waals surface area (Å²) in [5, 5.41) is 21.8. The number of hydrogen-bond donors (Lipinski definition) is 3. The van der Waals surface area contributed by atoms with Crippen molar-refractivity contribution in [2.24, 2.45) is 0 Å². The number of carbonyl (C=O) groups is 2. The van der Waals surface area contributed by atoms with Crippen molar-refractivity contribution in [2.45, 2.75) is 6.92 Å². The van der Waals surface area contributed by atoms with Crippen LogP contribution in [-0.4, -0.2) is 27.1 Å². The molecular formula is C16H12N2O4S. The van der Waals surface area contributed by atoms with Crippen LogP contribution in [0, 0.1) is 6.92 Å². The normalized spacial score (nSPS) is 10.7. The van der Waals surface area contributed by atoms with Gasteiger partial charge in [-0.3, -0.25) is 0 Å². The van der Waals surface area contributed by atoms with Gasteiger partial charge in [0.1, 0.15) is 0 Å². The number of fused-ring (bicyclic) bond motifs is 1. The van der Waals surface area contributed by atoms with Gasteiger partial charge in [0, 0.05) is 5.69 Å². The number of carboxylic acids is 2. The minimum Gasteiger partial charge on any atom is -0.478 e. The Kier molecular flexibility index (Phi) is 3.71. The first-order valence-corrected chi connectivity index (χ1v) is 7.50. The van der Waals surface area contributed by atoms with E-state index in [0.717, 1.165) is 21.8 Å². The fourth-order valence-electron chi connectivity index (χ4n) is 2.21. The molecule has 3 rings (SSSR count). The van der Waals surface area contributed by atoms with E-state index in [1.807, 2.05) is 25.1 Å². The van der Waals surface area contributed by atoms with Gasteiger partial charge in [-0.1, -0.05) is 23.5 Å². The number of thiazole rings is 1. The molecule has 0 amide bonds. The molecule has 0 aliphatic heterocycles. The average molecular weight is 328 g/mol. The number of para-hydroxylation sites is 1. The molecule has 0 saturated carbocycles. The van der Waals surface area contributed by atoms with Crippen molar-refractivity contribution in [3.8, 4) is 0 Å². The lowest BCUT2D eigenvalue weighted by Gasteiger charge is -2.06. The van der Waals surface area contributed by atoms with E-state index in [2.05, 4.69) is 10.3 Å². The predicted molar refractivity (Wildman–Crippen MR) is 88.0 cm³/mol. The van der Waals surface area contributed by atoms with Crippen molar-refractivity contribution in [1.29, 1.82) is 0 Å². The Morgan fingerprint density at radius 1 is 1.09 bits per heavy atom. The molecule has 2 aromatic carbocycles. The Balaban J connectivity index is 2.02. The van der Waals surface area contributed by atoms with Crippen LogP contribution in [0.2, 0.25) is 0 Å². The van der Waals surface area contributed by atoms with Crippen LogP contribution in [0.15, 0.2) is 36.4 Å². The maximum Gasteiger partial charge on any atom is 0.335 e. The standard InChI is InChI=1S/C16H12N2O4S/c1-8-3-2-4-12-13(8)18-16(23-12)17-11-6-9(14(19)20)5-10(7-11)15(21)22/h2-7H,1H3,(H,17,18)(H,19,20)(H,21,22). The molecular weight excluding hydrogens is 316 g/mol. The molecule has 1 heterocycles. The van der Waals surface area contributed by atoms with E-state index in [9.17, 15) is 9.59 Å². The van der Waals surface area contributed by atoms with E-state index in [1.54, 1.807) is 0 Å². The van der Waals surface area contributed by atoms with Crippen LogP contribution in [0.5, 0.6) is 0 Å². The van der Waals surface area contributed by atoms with Crippen LogP contribution in [0.25, 0.3) is 10.2 Å². The number of anilines is 2. The van der Waals surface area contributed by atoms with Gasteiger partial charge in [-0.15, -0.1) is 0 Å². The Bertz CT molecular complexity index is 901. The van der Waals surface area contributed by atoms with Gasteiger partial charge < -0.3 is 15.5 Å². The van der Waals surface area contributed by atoms with E-state index in [-0.39, 0.29) is 11.1 Å². The van der Waals surface area contributed by atoms with Gasteiger partial charge >= 0.3 is 11.9 Å². The van der Waals surface area contributed by atoms with Crippen molar-refractivity contribution in [2.75, 3.05) is 5.32 Å². The molecule has 23 heavy (non-hydrogen) atoms. The number of aromatic carboxylic acids is 2. The first-order valence-electron chi connectivity index (χ1n) is 6.69. The highest BCUT2D eigenvalue weighted by Crippen LogP contribution is 2.30. The second-order valence-electron chi connectivity index (χ2n) is 4.98. The molecule has 7 heteroatoms. The second kappa shape index (κ2) is 5.69. The minimum absolute atomic E-state index is 0.0929. The molecule has 0 spiro atoms. The van der Waals surface area contributed by atoms with Crippen molar-refractivity contribution in [1.82, 2.24) is 4.98 Å². The lowest BCUT2D eigenvalue weighted by molar-refractivity contribution is 0.0696. The molecule has 3 aromatic rings. The quantitative estimate of drug-likeness (QED) is 0.674. The molecule has 0 radical (unpaired) electrons. The molecule has 1 aromatic heterocycles. The van der Waals surface area contributed by atoms with E-state index >= 15 is 0 Å². The molecule has 6 nitrogen and oxygen atoms in total. The van der Waals surface area contributed by atoms with Gasteiger partial charge in [0.15, 0.2) is 5.13 Å². The van der Waals surface area contributed by atoms with E-state index in [1.165, 1.54) is 23.5 Å². The van der Waals surface area contributed by atoms with Crippen LogP contribution >= 0.6 is 11.3 Å².